The van der Waals surface area contributed by atoms with Crippen LogP contribution >= 0.6 is 0 Å². The number of hydrogen-bond acceptors (Lipinski definition) is 4. The van der Waals surface area contributed by atoms with Crippen LogP contribution in [-0.4, -0.2) is 17.2 Å². The van der Waals surface area contributed by atoms with Crippen molar-refractivity contribution in [1.82, 2.24) is 0 Å². The second-order valence-electron chi connectivity index (χ2n) is 6.95. The van der Waals surface area contributed by atoms with Crippen LogP contribution in [0.3, 0.4) is 0 Å². The average Bonchev–Trinajstić information content (AvgIpc) is 2.78. The molecule has 1 heterocycles. The predicted octanol–water partition coefficient (Wildman–Crippen LogP) is 3.16. The molecule has 2 aliphatic rings. The molecule has 2 aliphatic carbocycles. The van der Waals surface area contributed by atoms with E-state index in [2.05, 4.69) is 13.8 Å². The molecule has 1 fully saturated rings. The van der Waals surface area contributed by atoms with Crippen molar-refractivity contribution in [1.29, 1.82) is 0 Å². The lowest BCUT2D eigenvalue weighted by atomic mass is 9.53. The Balaban J connectivity index is 2.12. The van der Waals surface area contributed by atoms with Crippen molar-refractivity contribution in [3.05, 3.63) is 23.2 Å². The van der Waals surface area contributed by atoms with Gasteiger partial charge in [-0.25, -0.2) is 0 Å². The number of ether oxygens (including phenoxy) is 1. The summed E-state index contributed by atoms with van der Waals surface area (Å²) < 4.78 is 11.4. The first-order valence-corrected chi connectivity index (χ1v) is 7.77. The van der Waals surface area contributed by atoms with E-state index in [1.165, 1.54) is 6.92 Å². The molecular formula is C17H24O4. The van der Waals surface area contributed by atoms with Crippen molar-refractivity contribution in [3.8, 4) is 0 Å². The summed E-state index contributed by atoms with van der Waals surface area (Å²) in [5.74, 6) is 1.13. The fraction of sp³-hybridized carbons (Fsp3) is 0.706. The number of aryl methyl sites for hydroxylation is 1. The van der Waals surface area contributed by atoms with E-state index in [0.29, 0.717) is 5.92 Å². The summed E-state index contributed by atoms with van der Waals surface area (Å²) in [4.78, 5) is 11.6. The number of aliphatic hydroxyl groups excluding tert-OH is 1. The van der Waals surface area contributed by atoms with Crippen LogP contribution in [-0.2, 0) is 16.0 Å². The molecular weight excluding hydrogens is 268 g/mol. The summed E-state index contributed by atoms with van der Waals surface area (Å²) in [6, 6.07) is 0. The molecule has 0 aromatic carbocycles. The number of aliphatic hydroxyl groups is 1. The molecule has 116 valence electrons. The quantitative estimate of drug-likeness (QED) is 0.808. The van der Waals surface area contributed by atoms with Crippen molar-refractivity contribution in [2.24, 2.45) is 17.3 Å². The van der Waals surface area contributed by atoms with Gasteiger partial charge >= 0.3 is 5.97 Å². The van der Waals surface area contributed by atoms with Crippen molar-refractivity contribution >= 4 is 5.97 Å². The van der Waals surface area contributed by atoms with Crippen LogP contribution in [0.2, 0.25) is 0 Å². The van der Waals surface area contributed by atoms with Gasteiger partial charge in [-0.1, -0.05) is 13.8 Å². The zero-order chi connectivity index (χ0) is 15.4. The van der Waals surface area contributed by atoms with E-state index in [4.69, 9.17) is 9.15 Å². The van der Waals surface area contributed by atoms with E-state index in [0.717, 1.165) is 36.1 Å². The van der Waals surface area contributed by atoms with E-state index in [1.54, 1.807) is 6.26 Å². The Morgan fingerprint density at radius 1 is 1.48 bits per heavy atom. The van der Waals surface area contributed by atoms with Gasteiger partial charge in [0.1, 0.15) is 11.9 Å². The molecule has 0 spiro atoms. The van der Waals surface area contributed by atoms with Crippen LogP contribution in [0.5, 0.6) is 0 Å². The van der Waals surface area contributed by atoms with Gasteiger partial charge in [-0.05, 0) is 37.2 Å². The maximum Gasteiger partial charge on any atom is 0.303 e. The average molecular weight is 292 g/mol. The van der Waals surface area contributed by atoms with E-state index < -0.39 is 0 Å². The van der Waals surface area contributed by atoms with Gasteiger partial charge in [0.25, 0.3) is 0 Å². The maximum absolute atomic E-state index is 11.6. The molecule has 1 saturated carbocycles. The first-order chi connectivity index (χ1) is 9.85. The van der Waals surface area contributed by atoms with Crippen molar-refractivity contribution in [2.45, 2.75) is 59.2 Å². The van der Waals surface area contributed by atoms with Gasteiger partial charge in [0.15, 0.2) is 0 Å². The van der Waals surface area contributed by atoms with Crippen molar-refractivity contribution < 1.29 is 19.1 Å². The third kappa shape index (κ3) is 2.03. The molecule has 0 amide bonds. The van der Waals surface area contributed by atoms with Gasteiger partial charge < -0.3 is 14.3 Å². The standard InChI is InChI=1S/C17H24O4/c1-9-8-20-14-7-12-5-6-13(19)10(2)17(12,4)16(15(9)14)21-11(3)18/h8,10,12-13,16,19H,5-7H2,1-4H3/t10-,12+,13+,16+,17+/m0/s1. The lowest BCUT2D eigenvalue weighted by molar-refractivity contribution is -0.175. The predicted molar refractivity (Wildman–Crippen MR) is 77.7 cm³/mol. The molecule has 3 rings (SSSR count). The summed E-state index contributed by atoms with van der Waals surface area (Å²) in [5, 5.41) is 10.3. The number of carbonyl (C=O) groups is 1. The van der Waals surface area contributed by atoms with Crippen LogP contribution in [0, 0.1) is 24.2 Å². The molecule has 0 bridgehead atoms. The van der Waals surface area contributed by atoms with Crippen LogP contribution in [0.15, 0.2) is 10.7 Å². The van der Waals surface area contributed by atoms with E-state index >= 15 is 0 Å². The van der Waals surface area contributed by atoms with Gasteiger partial charge in [-0.2, -0.15) is 0 Å². The zero-order valence-corrected chi connectivity index (χ0v) is 13.2. The minimum Gasteiger partial charge on any atom is -0.469 e. The summed E-state index contributed by atoms with van der Waals surface area (Å²) in [6.07, 6.45) is 3.71. The SMILES string of the molecule is CC(=O)O[C@@H]1c2c(C)coc2C[C@H]2CC[C@@H](O)[C@H](C)[C@]21C. The highest BCUT2D eigenvalue weighted by atomic mass is 16.5. The van der Waals surface area contributed by atoms with Crippen LogP contribution < -0.4 is 0 Å². The monoisotopic (exact) mass is 292 g/mol. The molecule has 0 aliphatic heterocycles. The summed E-state index contributed by atoms with van der Waals surface area (Å²) in [5.41, 5.74) is 1.80. The Bertz CT molecular complexity index is 561. The molecule has 21 heavy (non-hydrogen) atoms. The van der Waals surface area contributed by atoms with Crippen LogP contribution in [0.1, 0.15) is 56.6 Å². The number of esters is 1. The number of hydrogen-bond donors (Lipinski definition) is 1. The molecule has 1 aromatic rings. The van der Waals surface area contributed by atoms with E-state index in [1.807, 2.05) is 6.92 Å². The highest BCUT2D eigenvalue weighted by molar-refractivity contribution is 5.66. The third-order valence-electron chi connectivity index (χ3n) is 5.89. The van der Waals surface area contributed by atoms with E-state index in [-0.39, 0.29) is 29.5 Å². The molecule has 1 aromatic heterocycles. The van der Waals surface area contributed by atoms with Gasteiger partial charge in [-0.15, -0.1) is 0 Å². The Morgan fingerprint density at radius 3 is 2.86 bits per heavy atom. The smallest absolute Gasteiger partial charge is 0.303 e. The second-order valence-corrected chi connectivity index (χ2v) is 6.95. The minimum atomic E-state index is -0.335. The summed E-state index contributed by atoms with van der Waals surface area (Å²) in [7, 11) is 0. The number of furan rings is 1. The summed E-state index contributed by atoms with van der Waals surface area (Å²) >= 11 is 0. The second kappa shape index (κ2) is 4.87. The van der Waals surface area contributed by atoms with Crippen LogP contribution in [0.4, 0.5) is 0 Å². The van der Waals surface area contributed by atoms with Crippen molar-refractivity contribution in [2.75, 3.05) is 0 Å². The Hall–Kier alpha value is -1.29. The van der Waals surface area contributed by atoms with Crippen molar-refractivity contribution in [3.63, 3.8) is 0 Å². The first kappa shape index (κ1) is 14.6. The maximum atomic E-state index is 11.6. The molecule has 1 N–H and O–H groups in total. The fourth-order valence-corrected chi connectivity index (χ4v) is 4.40. The molecule has 4 nitrogen and oxygen atoms in total. The lowest BCUT2D eigenvalue weighted by Gasteiger charge is -2.54. The van der Waals surface area contributed by atoms with Gasteiger partial charge in [0.05, 0.1) is 12.4 Å². The molecule has 5 atom stereocenters. The number of carbonyl (C=O) groups excluding carboxylic acids is 1. The highest BCUT2D eigenvalue weighted by Crippen LogP contribution is 2.59. The Morgan fingerprint density at radius 2 is 2.19 bits per heavy atom. The molecule has 0 unspecified atom stereocenters. The largest absolute Gasteiger partial charge is 0.469 e. The first-order valence-electron chi connectivity index (χ1n) is 7.77. The van der Waals surface area contributed by atoms with E-state index in [9.17, 15) is 9.90 Å². The van der Waals surface area contributed by atoms with Gasteiger partial charge in [-0.3, -0.25) is 4.79 Å². The highest BCUT2D eigenvalue weighted by Gasteiger charge is 2.56. The summed E-state index contributed by atoms with van der Waals surface area (Å²) in [6.45, 7) is 7.68. The lowest BCUT2D eigenvalue weighted by Crippen LogP contribution is -2.52. The molecule has 4 heteroatoms. The minimum absolute atomic E-state index is 0.0862. The van der Waals surface area contributed by atoms with Gasteiger partial charge in [0.2, 0.25) is 0 Å². The number of rotatable bonds is 1. The topological polar surface area (TPSA) is 59.7 Å². The Labute approximate surface area is 125 Å². The Kier molecular flexibility index (Phi) is 3.40. The third-order valence-corrected chi connectivity index (χ3v) is 5.89. The van der Waals surface area contributed by atoms with Gasteiger partial charge in [0, 0.05) is 24.3 Å². The fourth-order valence-electron chi connectivity index (χ4n) is 4.40. The van der Waals surface area contributed by atoms with Crippen LogP contribution in [0.25, 0.3) is 0 Å². The number of fused-ring (bicyclic) bond motifs is 2. The zero-order valence-electron chi connectivity index (χ0n) is 13.2. The molecule has 0 saturated heterocycles. The normalized spacial score (nSPS) is 38.5. The molecule has 0 radical (unpaired) electrons.